The minimum absolute atomic E-state index is 0.0600. The maximum Gasteiger partial charge on any atom is 0.321 e. The van der Waals surface area contributed by atoms with Gasteiger partial charge in [-0.3, -0.25) is 15.0 Å². The fourth-order valence-corrected chi connectivity index (χ4v) is 7.82. The summed E-state index contributed by atoms with van der Waals surface area (Å²) >= 11 is 1.75. The molecular formula is C22H31N3O2S. The SMILES string of the molecule is C[C@H](C(=O)NC(=O)NC12CC3CC(CC(C3)C1)C2)N1CCC[C@H]1c1cccs1. The summed E-state index contributed by atoms with van der Waals surface area (Å²) in [5, 5.41) is 8.02. The molecule has 2 N–H and O–H groups in total. The van der Waals surface area contributed by atoms with Crippen LogP contribution in [0.25, 0.3) is 0 Å². The quantitative estimate of drug-likeness (QED) is 0.799. The van der Waals surface area contributed by atoms with Gasteiger partial charge in [0.1, 0.15) is 0 Å². The van der Waals surface area contributed by atoms with Gasteiger partial charge in [-0.2, -0.15) is 0 Å². The molecule has 0 radical (unpaired) electrons. The Morgan fingerprint density at radius 1 is 1.18 bits per heavy atom. The van der Waals surface area contributed by atoms with E-state index in [9.17, 15) is 9.59 Å². The first kappa shape index (κ1) is 18.6. The number of carbonyl (C=O) groups excluding carboxylic acids is 2. The first-order valence-corrected chi connectivity index (χ1v) is 11.8. The van der Waals surface area contributed by atoms with E-state index in [2.05, 4.69) is 33.0 Å². The molecule has 4 bridgehead atoms. The van der Waals surface area contributed by atoms with Crippen LogP contribution in [0.4, 0.5) is 4.79 Å². The van der Waals surface area contributed by atoms with Crippen molar-refractivity contribution < 1.29 is 9.59 Å². The van der Waals surface area contributed by atoms with Gasteiger partial charge in [-0.1, -0.05) is 6.07 Å². The third-order valence-corrected chi connectivity index (χ3v) is 8.67. The molecular weight excluding hydrogens is 370 g/mol. The van der Waals surface area contributed by atoms with Crippen molar-refractivity contribution in [2.75, 3.05) is 6.54 Å². The number of imide groups is 1. The largest absolute Gasteiger partial charge is 0.332 e. The number of nitrogens with one attached hydrogen (secondary N) is 2. The second-order valence-electron chi connectivity index (χ2n) is 9.73. The molecule has 0 unspecified atom stereocenters. The molecule has 28 heavy (non-hydrogen) atoms. The van der Waals surface area contributed by atoms with Crippen LogP contribution in [0.1, 0.15) is 69.2 Å². The first-order chi connectivity index (χ1) is 13.5. The van der Waals surface area contributed by atoms with Gasteiger partial charge < -0.3 is 5.32 Å². The van der Waals surface area contributed by atoms with Crippen LogP contribution in [0.5, 0.6) is 0 Å². The molecule has 1 aromatic heterocycles. The molecule has 6 rings (SSSR count). The minimum Gasteiger partial charge on any atom is -0.332 e. The molecule has 0 aromatic carbocycles. The maximum atomic E-state index is 12.8. The number of nitrogens with zero attached hydrogens (tertiary/aromatic N) is 1. The lowest BCUT2D eigenvalue weighted by Gasteiger charge is -2.56. The molecule has 3 amide bonds. The van der Waals surface area contributed by atoms with E-state index in [-0.39, 0.29) is 23.5 Å². The number of urea groups is 1. The highest BCUT2D eigenvalue weighted by atomic mass is 32.1. The third kappa shape index (κ3) is 3.39. The van der Waals surface area contributed by atoms with Crippen molar-refractivity contribution in [1.29, 1.82) is 0 Å². The molecule has 5 fully saturated rings. The molecule has 5 nitrogen and oxygen atoms in total. The molecule has 152 valence electrons. The van der Waals surface area contributed by atoms with Crippen molar-refractivity contribution in [2.45, 2.75) is 75.9 Å². The number of likely N-dealkylation sites (tertiary alicyclic amines) is 1. The Kier molecular flexibility index (Phi) is 4.74. The van der Waals surface area contributed by atoms with Gasteiger partial charge in [0.25, 0.3) is 0 Å². The van der Waals surface area contributed by atoms with Gasteiger partial charge in [0, 0.05) is 16.5 Å². The van der Waals surface area contributed by atoms with E-state index in [0.29, 0.717) is 6.04 Å². The Morgan fingerprint density at radius 3 is 2.46 bits per heavy atom. The smallest absolute Gasteiger partial charge is 0.321 e. The van der Waals surface area contributed by atoms with Gasteiger partial charge in [0.05, 0.1) is 6.04 Å². The first-order valence-electron chi connectivity index (χ1n) is 10.9. The summed E-state index contributed by atoms with van der Waals surface area (Å²) in [7, 11) is 0. The molecule has 4 saturated carbocycles. The van der Waals surface area contributed by atoms with Gasteiger partial charge in [0.2, 0.25) is 5.91 Å². The van der Waals surface area contributed by atoms with Gasteiger partial charge in [-0.05, 0) is 94.0 Å². The molecule has 0 spiro atoms. The fraction of sp³-hybridized carbons (Fsp3) is 0.727. The standard InChI is InChI=1S/C22H31N3O2S/c1-14(25-6-2-4-18(25)19-5-3-7-28-19)20(26)23-21(27)24-22-11-15-8-16(12-22)10-17(9-15)13-22/h3,5,7,14-18H,2,4,6,8-13H2,1H3,(H2,23,24,26,27)/t14-,15?,16?,17?,18+,22?/m1/s1. The minimum atomic E-state index is -0.295. The zero-order valence-electron chi connectivity index (χ0n) is 16.7. The third-order valence-electron chi connectivity index (χ3n) is 7.70. The number of rotatable bonds is 4. The lowest BCUT2D eigenvalue weighted by atomic mass is 9.53. The van der Waals surface area contributed by atoms with E-state index in [1.54, 1.807) is 11.3 Å². The van der Waals surface area contributed by atoms with Crippen molar-refractivity contribution >= 4 is 23.3 Å². The number of carbonyl (C=O) groups is 2. The van der Waals surface area contributed by atoms with Crippen molar-refractivity contribution in [1.82, 2.24) is 15.5 Å². The highest BCUT2D eigenvalue weighted by Gasteiger charge is 2.51. The van der Waals surface area contributed by atoms with E-state index in [1.165, 1.54) is 24.1 Å². The average molecular weight is 402 g/mol. The highest BCUT2D eigenvalue weighted by molar-refractivity contribution is 7.10. The van der Waals surface area contributed by atoms with Gasteiger partial charge >= 0.3 is 6.03 Å². The summed E-state index contributed by atoms with van der Waals surface area (Å²) in [6.07, 6.45) is 9.51. The highest BCUT2D eigenvalue weighted by Crippen LogP contribution is 2.55. The monoisotopic (exact) mass is 401 g/mol. The van der Waals surface area contributed by atoms with Crippen LogP contribution >= 0.6 is 11.3 Å². The van der Waals surface area contributed by atoms with Crippen LogP contribution in [0.15, 0.2) is 17.5 Å². The Morgan fingerprint density at radius 2 is 1.86 bits per heavy atom. The van der Waals surface area contributed by atoms with Crippen LogP contribution in [0.2, 0.25) is 0 Å². The summed E-state index contributed by atoms with van der Waals surface area (Å²) in [4.78, 5) is 29.1. The van der Waals surface area contributed by atoms with Crippen LogP contribution < -0.4 is 10.6 Å². The van der Waals surface area contributed by atoms with Gasteiger partial charge in [-0.25, -0.2) is 4.79 Å². The topological polar surface area (TPSA) is 61.4 Å². The van der Waals surface area contributed by atoms with E-state index < -0.39 is 0 Å². The Hall–Kier alpha value is -1.40. The number of thiophene rings is 1. The van der Waals surface area contributed by atoms with E-state index >= 15 is 0 Å². The predicted octanol–water partition coefficient (Wildman–Crippen LogP) is 4.07. The fourth-order valence-electron chi connectivity index (χ4n) is 6.94. The summed E-state index contributed by atoms with van der Waals surface area (Å²) in [6, 6.07) is 3.94. The Labute approximate surface area is 171 Å². The van der Waals surface area contributed by atoms with Crippen LogP contribution in [0, 0.1) is 17.8 Å². The summed E-state index contributed by atoms with van der Waals surface area (Å²) in [5.41, 5.74) is -0.0600. The maximum absolute atomic E-state index is 12.8. The molecule has 4 aliphatic carbocycles. The molecule has 1 aromatic rings. The lowest BCUT2D eigenvalue weighted by molar-refractivity contribution is -0.125. The molecule has 6 heteroatoms. The molecule has 5 aliphatic rings. The average Bonchev–Trinajstić information content (AvgIpc) is 3.30. The Balaban J connectivity index is 1.20. The van der Waals surface area contributed by atoms with Crippen LogP contribution in [-0.2, 0) is 4.79 Å². The molecule has 2 atom stereocenters. The number of amides is 3. The van der Waals surface area contributed by atoms with Crippen molar-refractivity contribution in [3.8, 4) is 0 Å². The zero-order chi connectivity index (χ0) is 19.3. The zero-order valence-corrected chi connectivity index (χ0v) is 17.5. The number of hydrogen-bond acceptors (Lipinski definition) is 4. The summed E-state index contributed by atoms with van der Waals surface area (Å²) < 4.78 is 0. The van der Waals surface area contributed by atoms with Gasteiger partial charge in [-0.15, -0.1) is 11.3 Å². The Bertz CT molecular complexity index is 712. The number of hydrogen-bond donors (Lipinski definition) is 2. The molecule has 2 heterocycles. The van der Waals surface area contributed by atoms with Crippen LogP contribution in [-0.4, -0.2) is 35.0 Å². The molecule has 1 aliphatic heterocycles. The molecule has 1 saturated heterocycles. The normalized spacial score (nSPS) is 37.8. The second kappa shape index (κ2) is 7.13. The summed E-state index contributed by atoms with van der Waals surface area (Å²) in [6.45, 7) is 2.84. The second-order valence-corrected chi connectivity index (χ2v) is 10.7. The van der Waals surface area contributed by atoms with E-state index in [1.807, 2.05) is 6.92 Å². The van der Waals surface area contributed by atoms with E-state index in [4.69, 9.17) is 0 Å². The van der Waals surface area contributed by atoms with E-state index in [0.717, 1.165) is 56.4 Å². The summed E-state index contributed by atoms with van der Waals surface area (Å²) in [5.74, 6) is 2.15. The van der Waals surface area contributed by atoms with Crippen molar-refractivity contribution in [3.05, 3.63) is 22.4 Å². The van der Waals surface area contributed by atoms with Crippen molar-refractivity contribution in [3.63, 3.8) is 0 Å². The van der Waals surface area contributed by atoms with Gasteiger partial charge in [0.15, 0.2) is 0 Å². The van der Waals surface area contributed by atoms with Crippen molar-refractivity contribution in [2.24, 2.45) is 17.8 Å². The lowest BCUT2D eigenvalue weighted by Crippen LogP contribution is -2.62. The predicted molar refractivity (Wildman–Crippen MR) is 110 cm³/mol. The van der Waals surface area contributed by atoms with Crippen LogP contribution in [0.3, 0.4) is 0 Å².